The predicted octanol–water partition coefficient (Wildman–Crippen LogP) is 4.11. The van der Waals surface area contributed by atoms with Gasteiger partial charge in [0.2, 0.25) is 5.91 Å². The maximum atomic E-state index is 13.6. The first-order valence-corrected chi connectivity index (χ1v) is 8.32. The van der Waals surface area contributed by atoms with E-state index in [1.807, 2.05) is 13.0 Å². The van der Waals surface area contributed by atoms with Crippen molar-refractivity contribution in [2.75, 3.05) is 5.32 Å². The van der Waals surface area contributed by atoms with Gasteiger partial charge in [-0.1, -0.05) is 18.2 Å². The number of carbonyl (C=O) groups excluding carboxylic acids is 1. The molecule has 134 valence electrons. The van der Waals surface area contributed by atoms with E-state index in [0.29, 0.717) is 17.0 Å². The number of amides is 1. The second-order valence-electron chi connectivity index (χ2n) is 5.99. The quantitative estimate of drug-likeness (QED) is 0.726. The van der Waals surface area contributed by atoms with Gasteiger partial charge in [0.15, 0.2) is 0 Å². The zero-order chi connectivity index (χ0) is 18.5. The van der Waals surface area contributed by atoms with Crippen molar-refractivity contribution >= 4 is 11.6 Å². The van der Waals surface area contributed by atoms with E-state index in [2.05, 4.69) is 10.4 Å². The number of anilines is 1. The van der Waals surface area contributed by atoms with E-state index in [-0.39, 0.29) is 18.3 Å². The summed E-state index contributed by atoms with van der Waals surface area (Å²) < 4.78 is 20.8. The van der Waals surface area contributed by atoms with Gasteiger partial charge in [-0.15, -0.1) is 0 Å². The third kappa shape index (κ3) is 4.08. The van der Waals surface area contributed by atoms with Gasteiger partial charge < -0.3 is 10.1 Å². The second-order valence-corrected chi connectivity index (χ2v) is 5.99. The summed E-state index contributed by atoms with van der Waals surface area (Å²) in [6.07, 6.45) is 1.67. The summed E-state index contributed by atoms with van der Waals surface area (Å²) in [4.78, 5) is 12.4. The number of nitrogens with zero attached hydrogens (tertiary/aromatic N) is 2. The van der Waals surface area contributed by atoms with Crippen LogP contribution in [0.2, 0.25) is 0 Å². The van der Waals surface area contributed by atoms with E-state index < -0.39 is 6.04 Å². The molecule has 1 unspecified atom stereocenters. The van der Waals surface area contributed by atoms with Crippen molar-refractivity contribution in [2.45, 2.75) is 26.5 Å². The topological polar surface area (TPSA) is 56.2 Å². The van der Waals surface area contributed by atoms with Gasteiger partial charge in [-0.25, -0.2) is 4.39 Å². The summed E-state index contributed by atoms with van der Waals surface area (Å²) in [5.74, 6) is 0.151. The molecule has 6 heteroatoms. The zero-order valence-corrected chi connectivity index (χ0v) is 14.6. The number of nitrogens with one attached hydrogen (secondary N) is 1. The van der Waals surface area contributed by atoms with Crippen molar-refractivity contribution in [3.63, 3.8) is 0 Å². The first kappa shape index (κ1) is 17.7. The Hall–Kier alpha value is -3.15. The molecule has 0 saturated heterocycles. The van der Waals surface area contributed by atoms with Crippen molar-refractivity contribution < 1.29 is 13.9 Å². The van der Waals surface area contributed by atoms with E-state index in [1.165, 1.54) is 6.07 Å². The summed E-state index contributed by atoms with van der Waals surface area (Å²) >= 11 is 0. The van der Waals surface area contributed by atoms with Crippen LogP contribution in [-0.2, 0) is 11.4 Å². The zero-order valence-electron chi connectivity index (χ0n) is 14.6. The molecule has 1 aromatic heterocycles. The lowest BCUT2D eigenvalue weighted by Crippen LogP contribution is -2.25. The maximum Gasteiger partial charge on any atom is 0.248 e. The molecule has 26 heavy (non-hydrogen) atoms. The molecule has 0 fully saturated rings. The Labute approximate surface area is 151 Å². The molecule has 0 aliphatic heterocycles. The van der Waals surface area contributed by atoms with Crippen LogP contribution >= 0.6 is 0 Å². The molecule has 0 radical (unpaired) electrons. The Morgan fingerprint density at radius 1 is 1.19 bits per heavy atom. The number of hydrogen-bond acceptors (Lipinski definition) is 3. The highest BCUT2D eigenvalue weighted by Gasteiger charge is 2.16. The Bertz CT molecular complexity index is 890. The van der Waals surface area contributed by atoms with Gasteiger partial charge in [-0.3, -0.25) is 9.48 Å². The number of carbonyl (C=O) groups is 1. The average molecular weight is 353 g/mol. The van der Waals surface area contributed by atoms with Crippen LogP contribution in [0, 0.1) is 12.7 Å². The van der Waals surface area contributed by atoms with Crippen molar-refractivity contribution in [1.29, 1.82) is 0 Å². The Kier molecular flexibility index (Phi) is 5.31. The summed E-state index contributed by atoms with van der Waals surface area (Å²) in [6.45, 7) is 3.84. The molecule has 3 rings (SSSR count). The first-order valence-electron chi connectivity index (χ1n) is 8.32. The number of ether oxygens (including phenoxy) is 1. The third-order valence-electron chi connectivity index (χ3n) is 4.09. The highest BCUT2D eigenvalue weighted by molar-refractivity contribution is 5.93. The largest absolute Gasteiger partial charge is 0.489 e. The molecule has 1 amide bonds. The molecular weight excluding hydrogens is 333 g/mol. The molecular formula is C20H20FN3O2. The Morgan fingerprint density at radius 2 is 1.92 bits per heavy atom. The highest BCUT2D eigenvalue weighted by Crippen LogP contribution is 2.19. The minimum absolute atomic E-state index is 0.147. The SMILES string of the molecule is Cc1ccnn1C(C)C(=O)Nc1ccc(OCc2ccccc2F)cc1. The summed E-state index contributed by atoms with van der Waals surface area (Å²) in [6, 6.07) is 14.9. The van der Waals surface area contributed by atoms with E-state index in [4.69, 9.17) is 4.74 Å². The fraction of sp³-hybridized carbons (Fsp3) is 0.200. The maximum absolute atomic E-state index is 13.6. The van der Waals surface area contributed by atoms with Crippen LogP contribution in [-0.4, -0.2) is 15.7 Å². The summed E-state index contributed by atoms with van der Waals surface area (Å²) in [5, 5.41) is 7.01. The van der Waals surface area contributed by atoms with Crippen LogP contribution in [0.15, 0.2) is 60.8 Å². The van der Waals surface area contributed by atoms with Gasteiger partial charge in [0.05, 0.1) is 0 Å². The van der Waals surface area contributed by atoms with Crippen molar-refractivity contribution in [1.82, 2.24) is 9.78 Å². The smallest absolute Gasteiger partial charge is 0.248 e. The lowest BCUT2D eigenvalue weighted by molar-refractivity contribution is -0.119. The molecule has 1 atom stereocenters. The summed E-state index contributed by atoms with van der Waals surface area (Å²) in [7, 11) is 0. The molecule has 2 aromatic carbocycles. The van der Waals surface area contributed by atoms with Gasteiger partial charge in [0, 0.05) is 23.1 Å². The molecule has 0 aliphatic rings. The number of hydrogen-bond donors (Lipinski definition) is 1. The van der Waals surface area contributed by atoms with Crippen molar-refractivity contribution in [3.05, 3.63) is 77.9 Å². The van der Waals surface area contributed by atoms with Gasteiger partial charge >= 0.3 is 0 Å². The van der Waals surface area contributed by atoms with E-state index in [1.54, 1.807) is 60.3 Å². The molecule has 1 N–H and O–H groups in total. The fourth-order valence-corrected chi connectivity index (χ4v) is 2.55. The number of benzene rings is 2. The molecule has 0 saturated carbocycles. The van der Waals surface area contributed by atoms with Crippen LogP contribution in [0.3, 0.4) is 0 Å². The lowest BCUT2D eigenvalue weighted by Gasteiger charge is -2.15. The number of halogens is 1. The fourth-order valence-electron chi connectivity index (χ4n) is 2.55. The van der Waals surface area contributed by atoms with Crippen LogP contribution < -0.4 is 10.1 Å². The second kappa shape index (κ2) is 7.82. The van der Waals surface area contributed by atoms with E-state index >= 15 is 0 Å². The highest BCUT2D eigenvalue weighted by atomic mass is 19.1. The van der Waals surface area contributed by atoms with E-state index in [0.717, 1.165) is 5.69 Å². The lowest BCUT2D eigenvalue weighted by atomic mass is 10.2. The van der Waals surface area contributed by atoms with Crippen LogP contribution in [0.25, 0.3) is 0 Å². The van der Waals surface area contributed by atoms with Crippen molar-refractivity contribution in [3.8, 4) is 5.75 Å². The summed E-state index contributed by atoms with van der Waals surface area (Å²) in [5.41, 5.74) is 2.07. The number of aromatic nitrogens is 2. The third-order valence-corrected chi connectivity index (χ3v) is 4.09. The molecule has 0 aliphatic carbocycles. The normalized spacial score (nSPS) is 11.8. The van der Waals surface area contributed by atoms with Gasteiger partial charge in [0.25, 0.3) is 0 Å². The minimum Gasteiger partial charge on any atom is -0.489 e. The molecule has 0 spiro atoms. The van der Waals surface area contributed by atoms with Gasteiger partial charge in [0.1, 0.15) is 24.2 Å². The minimum atomic E-state index is -0.415. The molecule has 0 bridgehead atoms. The van der Waals surface area contributed by atoms with Crippen LogP contribution in [0.5, 0.6) is 5.75 Å². The van der Waals surface area contributed by atoms with Gasteiger partial charge in [-0.05, 0) is 50.2 Å². The Morgan fingerprint density at radius 3 is 2.58 bits per heavy atom. The van der Waals surface area contributed by atoms with E-state index in [9.17, 15) is 9.18 Å². The molecule has 3 aromatic rings. The van der Waals surface area contributed by atoms with Crippen LogP contribution in [0.1, 0.15) is 24.2 Å². The standard InChI is InChI=1S/C20H20FN3O2/c1-14-11-12-22-24(14)15(2)20(25)23-17-7-9-18(10-8-17)26-13-16-5-3-4-6-19(16)21/h3-12,15H,13H2,1-2H3,(H,23,25). The average Bonchev–Trinajstić information content (AvgIpc) is 3.07. The van der Waals surface area contributed by atoms with Gasteiger partial charge in [-0.2, -0.15) is 5.10 Å². The number of rotatable bonds is 6. The van der Waals surface area contributed by atoms with Crippen LogP contribution in [0.4, 0.5) is 10.1 Å². The molecule has 5 nitrogen and oxygen atoms in total. The Balaban J connectivity index is 1.58. The molecule has 1 heterocycles. The monoisotopic (exact) mass is 353 g/mol. The van der Waals surface area contributed by atoms with Crippen molar-refractivity contribution in [2.24, 2.45) is 0 Å². The first-order chi connectivity index (χ1) is 12.5. The number of aryl methyl sites for hydroxylation is 1. The predicted molar refractivity (Wildman–Crippen MR) is 97.5 cm³/mol.